The van der Waals surface area contributed by atoms with Gasteiger partial charge >= 0.3 is 5.91 Å². The second kappa shape index (κ2) is 18.0. The van der Waals surface area contributed by atoms with Crippen molar-refractivity contribution in [3.63, 3.8) is 0 Å². The average Bonchev–Trinajstić information content (AvgIpc) is 2.63. The van der Waals surface area contributed by atoms with Crippen molar-refractivity contribution in [2.24, 2.45) is 0 Å². The summed E-state index contributed by atoms with van der Waals surface area (Å²) < 4.78 is 0.416. The van der Waals surface area contributed by atoms with Crippen LogP contribution in [0.1, 0.15) is 116 Å². The lowest BCUT2D eigenvalue weighted by molar-refractivity contribution is -0.814. The van der Waals surface area contributed by atoms with Gasteiger partial charge in [0.25, 0.3) is 0 Å². The van der Waals surface area contributed by atoms with Crippen LogP contribution in [0.25, 0.3) is 0 Å². The number of quaternary nitrogens is 1. The number of carbonyl (C=O) groups is 1. The molecule has 0 bridgehead atoms. The lowest BCUT2D eigenvalue weighted by Crippen LogP contribution is -2.46. The Kier molecular flexibility index (Phi) is 17.7. The van der Waals surface area contributed by atoms with Gasteiger partial charge in [-0.25, -0.2) is 4.79 Å². The standard InChI is InChI=1S/C23H48NO2/c1-4-5-6-7-8-9-10-11-12-13-14-15-16-17-18-20-23(26)24(2,3)21-19-22-25/h25H,4-22H2,1-3H3/q+1. The third-order valence-corrected chi connectivity index (χ3v) is 5.54. The normalized spacial score (nSPS) is 11.8. The van der Waals surface area contributed by atoms with Crippen molar-refractivity contribution >= 4 is 5.91 Å². The second-order valence-corrected chi connectivity index (χ2v) is 8.58. The van der Waals surface area contributed by atoms with Crippen LogP contribution in [0.2, 0.25) is 0 Å². The van der Waals surface area contributed by atoms with Crippen LogP contribution in [0.4, 0.5) is 0 Å². The number of hydrogen-bond acceptors (Lipinski definition) is 2. The smallest absolute Gasteiger partial charge is 0.313 e. The van der Waals surface area contributed by atoms with E-state index >= 15 is 0 Å². The topological polar surface area (TPSA) is 37.3 Å². The molecule has 0 aliphatic carbocycles. The molecule has 0 saturated carbocycles. The maximum Gasteiger partial charge on any atom is 0.313 e. The van der Waals surface area contributed by atoms with Crippen LogP contribution in [0.3, 0.4) is 0 Å². The van der Waals surface area contributed by atoms with Crippen LogP contribution in [0, 0.1) is 0 Å². The Labute approximate surface area is 164 Å². The second-order valence-electron chi connectivity index (χ2n) is 8.58. The molecule has 0 aromatic heterocycles. The van der Waals surface area contributed by atoms with Gasteiger partial charge in [0.2, 0.25) is 0 Å². The fourth-order valence-corrected chi connectivity index (χ4v) is 3.54. The summed E-state index contributed by atoms with van der Waals surface area (Å²) in [6.07, 6.45) is 21.7. The Morgan fingerprint density at radius 2 is 1.04 bits per heavy atom. The van der Waals surface area contributed by atoms with Gasteiger partial charge in [-0.05, 0) is 6.42 Å². The van der Waals surface area contributed by atoms with Crippen molar-refractivity contribution in [2.45, 2.75) is 116 Å². The van der Waals surface area contributed by atoms with E-state index in [1.54, 1.807) is 0 Å². The highest BCUT2D eigenvalue weighted by molar-refractivity contribution is 5.68. The molecule has 156 valence electrons. The zero-order valence-corrected chi connectivity index (χ0v) is 18.2. The predicted molar refractivity (Wildman–Crippen MR) is 113 cm³/mol. The molecule has 3 nitrogen and oxygen atoms in total. The number of nitrogens with zero attached hydrogens (tertiary/aromatic N) is 1. The van der Waals surface area contributed by atoms with Gasteiger partial charge in [0.15, 0.2) is 0 Å². The van der Waals surface area contributed by atoms with E-state index in [0.717, 1.165) is 13.0 Å². The van der Waals surface area contributed by atoms with E-state index in [1.807, 2.05) is 14.1 Å². The molecular formula is C23H48NO2+. The van der Waals surface area contributed by atoms with E-state index in [9.17, 15) is 4.79 Å². The zero-order chi connectivity index (χ0) is 19.5. The van der Waals surface area contributed by atoms with E-state index in [0.29, 0.717) is 23.2 Å². The molecule has 26 heavy (non-hydrogen) atoms. The third-order valence-electron chi connectivity index (χ3n) is 5.54. The SMILES string of the molecule is CCCCCCCCCCCCCCCCCC(=O)[N+](C)(C)CCCO. The summed E-state index contributed by atoms with van der Waals surface area (Å²) in [5, 5.41) is 8.91. The molecule has 1 amide bonds. The summed E-state index contributed by atoms with van der Waals surface area (Å²) in [6, 6.07) is 0. The van der Waals surface area contributed by atoms with E-state index in [4.69, 9.17) is 5.11 Å². The minimum Gasteiger partial charge on any atom is -0.396 e. The summed E-state index contributed by atoms with van der Waals surface area (Å²) in [6.45, 7) is 3.20. The average molecular weight is 371 g/mol. The van der Waals surface area contributed by atoms with Gasteiger partial charge in [-0.15, -0.1) is 0 Å². The number of aliphatic hydroxyl groups is 1. The number of aliphatic hydroxyl groups excluding tert-OH is 1. The van der Waals surface area contributed by atoms with E-state index < -0.39 is 0 Å². The first-order valence-corrected chi connectivity index (χ1v) is 11.5. The van der Waals surface area contributed by atoms with Gasteiger partial charge in [0, 0.05) is 13.0 Å². The highest BCUT2D eigenvalue weighted by Crippen LogP contribution is 2.14. The van der Waals surface area contributed by atoms with Crippen LogP contribution >= 0.6 is 0 Å². The molecule has 0 aromatic carbocycles. The van der Waals surface area contributed by atoms with Gasteiger partial charge in [-0.2, -0.15) is 0 Å². The minimum atomic E-state index is 0.175. The first-order chi connectivity index (χ1) is 12.5. The largest absolute Gasteiger partial charge is 0.396 e. The van der Waals surface area contributed by atoms with Crippen LogP contribution in [-0.2, 0) is 4.79 Å². The first kappa shape index (κ1) is 25.6. The Morgan fingerprint density at radius 1 is 0.654 bits per heavy atom. The molecule has 0 fully saturated rings. The summed E-state index contributed by atoms with van der Waals surface area (Å²) in [5.41, 5.74) is 0. The quantitative estimate of drug-likeness (QED) is 0.216. The molecular weight excluding hydrogens is 322 g/mol. The number of carbonyl (C=O) groups excluding carboxylic acids is 1. The van der Waals surface area contributed by atoms with Crippen molar-refractivity contribution in [1.29, 1.82) is 0 Å². The van der Waals surface area contributed by atoms with Gasteiger partial charge in [0.1, 0.15) is 0 Å². The molecule has 0 atom stereocenters. The number of amides is 1. The predicted octanol–water partition coefficient (Wildman–Crippen LogP) is 6.23. The van der Waals surface area contributed by atoms with E-state index in [1.165, 1.54) is 89.9 Å². The third kappa shape index (κ3) is 15.8. The van der Waals surface area contributed by atoms with Gasteiger partial charge in [0.05, 0.1) is 27.1 Å². The number of rotatable bonds is 19. The molecule has 0 unspecified atom stereocenters. The molecule has 0 aliphatic rings. The number of unbranched alkanes of at least 4 members (excludes halogenated alkanes) is 14. The summed E-state index contributed by atoms with van der Waals surface area (Å²) in [4.78, 5) is 12.2. The minimum absolute atomic E-state index is 0.175. The van der Waals surface area contributed by atoms with Crippen LogP contribution in [0.15, 0.2) is 0 Å². The zero-order valence-electron chi connectivity index (χ0n) is 18.2. The van der Waals surface area contributed by atoms with Crippen molar-refractivity contribution in [1.82, 2.24) is 0 Å². The molecule has 1 N–H and O–H groups in total. The van der Waals surface area contributed by atoms with Gasteiger partial charge in [-0.3, -0.25) is 4.48 Å². The van der Waals surface area contributed by atoms with Crippen LogP contribution in [0.5, 0.6) is 0 Å². The molecule has 3 heteroatoms. The highest BCUT2D eigenvalue weighted by atomic mass is 16.3. The fraction of sp³-hybridized carbons (Fsp3) is 0.957. The Hall–Kier alpha value is -0.410. The van der Waals surface area contributed by atoms with Crippen molar-refractivity contribution in [2.75, 3.05) is 27.2 Å². The molecule has 0 spiro atoms. The monoisotopic (exact) mass is 370 g/mol. The molecule has 0 aromatic rings. The molecule has 0 aliphatic heterocycles. The maximum absolute atomic E-state index is 12.2. The molecule has 0 radical (unpaired) electrons. The summed E-state index contributed by atoms with van der Waals surface area (Å²) in [5.74, 6) is 0.313. The fourth-order valence-electron chi connectivity index (χ4n) is 3.54. The van der Waals surface area contributed by atoms with Gasteiger partial charge in [-0.1, -0.05) is 96.8 Å². The lowest BCUT2D eigenvalue weighted by Gasteiger charge is -2.26. The summed E-state index contributed by atoms with van der Waals surface area (Å²) >= 11 is 0. The van der Waals surface area contributed by atoms with Crippen LogP contribution in [-0.4, -0.2) is 42.7 Å². The van der Waals surface area contributed by atoms with Crippen molar-refractivity contribution in [3.05, 3.63) is 0 Å². The molecule has 0 heterocycles. The van der Waals surface area contributed by atoms with Crippen LogP contribution < -0.4 is 0 Å². The lowest BCUT2D eigenvalue weighted by atomic mass is 10.0. The highest BCUT2D eigenvalue weighted by Gasteiger charge is 2.24. The Balaban J connectivity index is 3.30. The van der Waals surface area contributed by atoms with E-state index in [2.05, 4.69) is 6.92 Å². The van der Waals surface area contributed by atoms with Crippen molar-refractivity contribution < 1.29 is 14.4 Å². The van der Waals surface area contributed by atoms with Crippen molar-refractivity contribution in [3.8, 4) is 0 Å². The van der Waals surface area contributed by atoms with Gasteiger partial charge < -0.3 is 5.11 Å². The number of hydrogen-bond donors (Lipinski definition) is 1. The Bertz CT molecular complexity index is 315. The molecule has 0 saturated heterocycles. The Morgan fingerprint density at radius 3 is 1.42 bits per heavy atom. The maximum atomic E-state index is 12.2. The summed E-state index contributed by atoms with van der Waals surface area (Å²) in [7, 11) is 3.92. The molecule has 0 rings (SSSR count). The first-order valence-electron chi connectivity index (χ1n) is 11.5. The van der Waals surface area contributed by atoms with E-state index in [-0.39, 0.29) is 6.61 Å².